The summed E-state index contributed by atoms with van der Waals surface area (Å²) >= 11 is 1.06. The van der Waals surface area contributed by atoms with E-state index < -0.39 is 5.82 Å². The third-order valence-electron chi connectivity index (χ3n) is 3.29. The summed E-state index contributed by atoms with van der Waals surface area (Å²) in [5, 5.41) is 7.99. The second-order valence-corrected chi connectivity index (χ2v) is 5.74. The second-order valence-electron chi connectivity index (χ2n) is 5.22. The Morgan fingerprint density at radius 1 is 1.12 bits per heavy atom. The minimum Gasteiger partial charge on any atom is -0.374 e. The van der Waals surface area contributed by atoms with Gasteiger partial charge in [-0.15, -0.1) is 0 Å². The first-order chi connectivity index (χ1) is 12.0. The Labute approximate surface area is 146 Å². The maximum Gasteiger partial charge on any atom is 0.243 e. The predicted octanol–water partition coefficient (Wildman–Crippen LogP) is 2.84. The highest BCUT2D eigenvalue weighted by Gasteiger charge is 2.10. The van der Waals surface area contributed by atoms with Gasteiger partial charge in [-0.3, -0.25) is 9.59 Å². The van der Waals surface area contributed by atoms with E-state index in [0.29, 0.717) is 22.4 Å². The monoisotopic (exact) mass is 359 g/mol. The Bertz CT molecular complexity index is 943. The summed E-state index contributed by atoms with van der Waals surface area (Å²) in [6.45, 7) is 1.21. The molecule has 3 N–H and O–H groups in total. The van der Waals surface area contributed by atoms with Crippen molar-refractivity contribution in [1.29, 1.82) is 0 Å². The van der Waals surface area contributed by atoms with E-state index in [9.17, 15) is 14.0 Å². The predicted molar refractivity (Wildman–Crippen MR) is 95.2 cm³/mol. The van der Waals surface area contributed by atoms with E-state index in [-0.39, 0.29) is 24.0 Å². The van der Waals surface area contributed by atoms with E-state index in [2.05, 4.69) is 24.7 Å². The summed E-state index contributed by atoms with van der Waals surface area (Å²) < 4.78 is 22.1. The summed E-state index contributed by atoms with van der Waals surface area (Å²) in [5.74, 6) is -1.14. The van der Waals surface area contributed by atoms with Crippen LogP contribution in [0.4, 0.5) is 21.5 Å². The molecule has 0 aliphatic rings. The van der Waals surface area contributed by atoms with E-state index in [0.717, 1.165) is 11.7 Å². The van der Waals surface area contributed by atoms with Crippen LogP contribution in [-0.2, 0) is 9.59 Å². The van der Waals surface area contributed by atoms with Gasteiger partial charge in [0.1, 0.15) is 16.9 Å². The molecular formula is C16H14FN5O2S. The van der Waals surface area contributed by atoms with Gasteiger partial charge in [-0.25, -0.2) is 4.39 Å². The zero-order valence-corrected chi connectivity index (χ0v) is 14.0. The van der Waals surface area contributed by atoms with Crippen LogP contribution >= 0.6 is 11.7 Å². The van der Waals surface area contributed by atoms with Crippen LogP contribution in [0.3, 0.4) is 0 Å². The Balaban J connectivity index is 1.66. The van der Waals surface area contributed by atoms with Crippen LogP contribution in [0, 0.1) is 5.82 Å². The molecule has 1 heterocycles. The maximum atomic E-state index is 13.8. The van der Waals surface area contributed by atoms with Crippen LogP contribution in [0.25, 0.3) is 11.0 Å². The van der Waals surface area contributed by atoms with Gasteiger partial charge in [0, 0.05) is 12.6 Å². The third-order valence-corrected chi connectivity index (χ3v) is 3.83. The molecule has 0 bridgehead atoms. The normalized spacial score (nSPS) is 10.5. The highest BCUT2D eigenvalue weighted by Crippen LogP contribution is 2.22. The van der Waals surface area contributed by atoms with Gasteiger partial charge in [-0.05, 0) is 30.3 Å². The highest BCUT2D eigenvalue weighted by molar-refractivity contribution is 7.00. The third kappa shape index (κ3) is 4.07. The van der Waals surface area contributed by atoms with Crippen LogP contribution < -0.4 is 16.0 Å². The topological polar surface area (TPSA) is 96.0 Å². The standard InChI is InChI=1S/C16H14FN5O2S/c1-9(23)19-10-5-6-11(17)14(7-10)18-8-15(24)20-12-3-2-4-13-16(12)22-25-21-13/h2-7,18H,8H2,1H3,(H,19,23)(H,20,24). The van der Waals surface area contributed by atoms with Crippen molar-refractivity contribution in [2.45, 2.75) is 6.92 Å². The van der Waals surface area contributed by atoms with E-state index in [1.165, 1.54) is 25.1 Å². The molecule has 0 aliphatic carbocycles. The van der Waals surface area contributed by atoms with Gasteiger partial charge in [-0.2, -0.15) is 8.75 Å². The smallest absolute Gasteiger partial charge is 0.243 e. The van der Waals surface area contributed by atoms with E-state index in [1.54, 1.807) is 18.2 Å². The van der Waals surface area contributed by atoms with E-state index in [1.807, 2.05) is 0 Å². The number of carbonyl (C=O) groups excluding carboxylic acids is 2. The molecule has 0 unspecified atom stereocenters. The van der Waals surface area contributed by atoms with Crippen molar-refractivity contribution in [2.75, 3.05) is 22.5 Å². The lowest BCUT2D eigenvalue weighted by molar-refractivity contribution is -0.115. The number of halogens is 1. The van der Waals surface area contributed by atoms with Gasteiger partial charge in [0.15, 0.2) is 0 Å². The average Bonchev–Trinajstić information content (AvgIpc) is 3.04. The number of aromatic nitrogens is 2. The SMILES string of the molecule is CC(=O)Nc1ccc(F)c(NCC(=O)Nc2cccc3nsnc23)c1. The number of carbonyl (C=O) groups is 2. The van der Waals surface area contributed by atoms with Gasteiger partial charge in [0.2, 0.25) is 11.8 Å². The van der Waals surface area contributed by atoms with Crippen molar-refractivity contribution in [3.05, 3.63) is 42.2 Å². The minimum absolute atomic E-state index is 0.120. The lowest BCUT2D eigenvalue weighted by Gasteiger charge is -2.10. The summed E-state index contributed by atoms with van der Waals surface area (Å²) in [7, 11) is 0. The van der Waals surface area contributed by atoms with Crippen molar-refractivity contribution < 1.29 is 14.0 Å². The fourth-order valence-electron chi connectivity index (χ4n) is 2.22. The molecule has 0 aliphatic heterocycles. The number of benzene rings is 2. The molecule has 7 nitrogen and oxygen atoms in total. The Morgan fingerprint density at radius 2 is 1.96 bits per heavy atom. The number of hydrogen-bond donors (Lipinski definition) is 3. The molecule has 0 atom stereocenters. The van der Waals surface area contributed by atoms with Gasteiger partial charge in [0.05, 0.1) is 29.6 Å². The Kier molecular flexibility index (Phi) is 4.85. The second kappa shape index (κ2) is 7.22. The molecule has 3 aromatic rings. The zero-order chi connectivity index (χ0) is 17.8. The van der Waals surface area contributed by atoms with Crippen molar-refractivity contribution >= 4 is 51.6 Å². The lowest BCUT2D eigenvalue weighted by Crippen LogP contribution is -2.22. The highest BCUT2D eigenvalue weighted by atomic mass is 32.1. The first-order valence-electron chi connectivity index (χ1n) is 7.35. The molecule has 128 valence electrons. The van der Waals surface area contributed by atoms with Crippen molar-refractivity contribution in [3.63, 3.8) is 0 Å². The van der Waals surface area contributed by atoms with Crippen molar-refractivity contribution in [3.8, 4) is 0 Å². The summed E-state index contributed by atoms with van der Waals surface area (Å²) in [4.78, 5) is 23.2. The number of rotatable bonds is 5. The number of hydrogen-bond acceptors (Lipinski definition) is 6. The van der Waals surface area contributed by atoms with Gasteiger partial charge < -0.3 is 16.0 Å². The molecule has 2 amide bonds. The Morgan fingerprint density at radius 3 is 2.76 bits per heavy atom. The molecule has 0 saturated carbocycles. The molecular weight excluding hydrogens is 345 g/mol. The van der Waals surface area contributed by atoms with Gasteiger partial charge >= 0.3 is 0 Å². The van der Waals surface area contributed by atoms with Crippen LogP contribution in [0.1, 0.15) is 6.92 Å². The summed E-state index contributed by atoms with van der Waals surface area (Å²) in [6, 6.07) is 9.37. The zero-order valence-electron chi connectivity index (χ0n) is 13.2. The van der Waals surface area contributed by atoms with Crippen LogP contribution in [0.5, 0.6) is 0 Å². The molecule has 0 fully saturated rings. The number of amides is 2. The van der Waals surface area contributed by atoms with Crippen LogP contribution in [-0.4, -0.2) is 27.1 Å². The van der Waals surface area contributed by atoms with Crippen LogP contribution in [0.15, 0.2) is 36.4 Å². The van der Waals surface area contributed by atoms with Gasteiger partial charge in [-0.1, -0.05) is 6.07 Å². The molecule has 9 heteroatoms. The molecule has 2 aromatic carbocycles. The van der Waals surface area contributed by atoms with E-state index in [4.69, 9.17) is 0 Å². The fourth-order valence-corrected chi connectivity index (χ4v) is 2.77. The molecule has 0 saturated heterocycles. The summed E-state index contributed by atoms with van der Waals surface area (Å²) in [6.07, 6.45) is 0. The number of fused-ring (bicyclic) bond motifs is 1. The first kappa shape index (κ1) is 16.8. The van der Waals surface area contributed by atoms with Crippen molar-refractivity contribution in [1.82, 2.24) is 8.75 Å². The number of nitrogens with one attached hydrogen (secondary N) is 3. The molecule has 3 rings (SSSR count). The lowest BCUT2D eigenvalue weighted by atomic mass is 10.2. The minimum atomic E-state index is -0.521. The summed E-state index contributed by atoms with van der Waals surface area (Å²) in [5.41, 5.74) is 2.42. The fraction of sp³-hybridized carbons (Fsp3) is 0.125. The van der Waals surface area contributed by atoms with Crippen LogP contribution in [0.2, 0.25) is 0 Å². The number of nitrogens with zero attached hydrogens (tertiary/aromatic N) is 2. The molecule has 0 radical (unpaired) electrons. The average molecular weight is 359 g/mol. The quantitative estimate of drug-likeness (QED) is 0.651. The van der Waals surface area contributed by atoms with Gasteiger partial charge in [0.25, 0.3) is 0 Å². The first-order valence-corrected chi connectivity index (χ1v) is 8.08. The molecule has 1 aromatic heterocycles. The number of anilines is 3. The largest absolute Gasteiger partial charge is 0.374 e. The van der Waals surface area contributed by atoms with Crippen molar-refractivity contribution in [2.24, 2.45) is 0 Å². The Hall–Kier alpha value is -3.07. The molecule has 0 spiro atoms. The molecule has 25 heavy (non-hydrogen) atoms. The maximum absolute atomic E-state index is 13.8. The van der Waals surface area contributed by atoms with E-state index >= 15 is 0 Å².